The Kier molecular flexibility index (Phi) is 3.90. The van der Waals surface area contributed by atoms with E-state index in [1.165, 1.54) is 11.3 Å². The van der Waals surface area contributed by atoms with Gasteiger partial charge in [0.1, 0.15) is 4.21 Å². The van der Waals surface area contributed by atoms with Gasteiger partial charge in [-0.15, -0.1) is 11.3 Å². The highest BCUT2D eigenvalue weighted by molar-refractivity contribution is 7.91. The highest BCUT2D eigenvalue weighted by Crippen LogP contribution is 2.26. The van der Waals surface area contributed by atoms with Crippen molar-refractivity contribution in [2.45, 2.75) is 49.8 Å². The maximum absolute atomic E-state index is 12.1. The molecule has 5 heteroatoms. The minimum Gasteiger partial charge on any atom is -0.207 e. The molecule has 0 amide bonds. The Hall–Kier alpha value is -0.390. The Morgan fingerprint density at radius 2 is 1.88 bits per heavy atom. The van der Waals surface area contributed by atoms with Crippen molar-refractivity contribution in [3.63, 3.8) is 0 Å². The van der Waals surface area contributed by atoms with E-state index in [0.29, 0.717) is 4.21 Å². The summed E-state index contributed by atoms with van der Waals surface area (Å²) in [7, 11) is -3.29. The fourth-order valence-electron chi connectivity index (χ4n) is 2.21. The largest absolute Gasteiger partial charge is 0.250 e. The van der Waals surface area contributed by atoms with Crippen LogP contribution in [0.5, 0.6) is 0 Å². The number of sulfonamides is 1. The fraction of sp³-hybridized carbons (Fsp3) is 0.667. The van der Waals surface area contributed by atoms with Gasteiger partial charge in [0, 0.05) is 10.9 Å². The maximum Gasteiger partial charge on any atom is 0.250 e. The zero-order valence-corrected chi connectivity index (χ0v) is 11.9. The third kappa shape index (κ3) is 3.30. The molecule has 1 N–H and O–H groups in total. The summed E-state index contributed by atoms with van der Waals surface area (Å²) < 4.78 is 27.5. The summed E-state index contributed by atoms with van der Waals surface area (Å²) in [6.07, 6.45) is 4.17. The lowest BCUT2D eigenvalue weighted by molar-refractivity contribution is 0.332. The topological polar surface area (TPSA) is 46.2 Å². The molecule has 1 fully saturated rings. The van der Waals surface area contributed by atoms with Crippen LogP contribution < -0.4 is 4.72 Å². The van der Waals surface area contributed by atoms with Gasteiger partial charge in [0.25, 0.3) is 0 Å². The van der Waals surface area contributed by atoms with Crippen LogP contribution >= 0.6 is 11.3 Å². The van der Waals surface area contributed by atoms with Crippen LogP contribution in [-0.2, 0) is 10.0 Å². The predicted molar refractivity (Wildman–Crippen MR) is 70.8 cm³/mol. The second-order valence-electron chi connectivity index (χ2n) is 4.94. The number of aryl methyl sites for hydroxylation is 1. The van der Waals surface area contributed by atoms with Crippen molar-refractivity contribution in [2.24, 2.45) is 5.92 Å². The standard InChI is InChI=1S/C12H19NO2S2/c1-9-3-6-11(7-4-9)13-17(14,15)12-8-5-10(2)16-12/h5,8-9,11,13H,3-4,6-7H2,1-2H3. The van der Waals surface area contributed by atoms with Crippen molar-refractivity contribution in [1.82, 2.24) is 4.72 Å². The van der Waals surface area contributed by atoms with E-state index in [2.05, 4.69) is 11.6 Å². The number of hydrogen-bond donors (Lipinski definition) is 1. The quantitative estimate of drug-likeness (QED) is 0.920. The first-order valence-corrected chi connectivity index (χ1v) is 8.36. The summed E-state index contributed by atoms with van der Waals surface area (Å²) in [4.78, 5) is 1.03. The second kappa shape index (κ2) is 5.08. The molecule has 0 saturated heterocycles. The van der Waals surface area contributed by atoms with Crippen LogP contribution in [0.3, 0.4) is 0 Å². The summed E-state index contributed by atoms with van der Waals surface area (Å²) in [6, 6.07) is 3.66. The molecule has 0 spiro atoms. The average molecular weight is 273 g/mol. The zero-order valence-electron chi connectivity index (χ0n) is 10.3. The van der Waals surface area contributed by atoms with E-state index in [9.17, 15) is 8.42 Å². The lowest BCUT2D eigenvalue weighted by Crippen LogP contribution is -2.36. The Morgan fingerprint density at radius 1 is 1.24 bits per heavy atom. The van der Waals surface area contributed by atoms with Crippen molar-refractivity contribution < 1.29 is 8.42 Å². The predicted octanol–water partition coefficient (Wildman–Crippen LogP) is 2.91. The molecule has 1 aliphatic carbocycles. The van der Waals surface area contributed by atoms with Crippen LogP contribution in [0.4, 0.5) is 0 Å². The van der Waals surface area contributed by atoms with Gasteiger partial charge in [0.15, 0.2) is 0 Å². The van der Waals surface area contributed by atoms with Crippen molar-refractivity contribution in [1.29, 1.82) is 0 Å². The minimum absolute atomic E-state index is 0.124. The Bertz CT molecular complexity index is 470. The molecule has 96 valence electrons. The van der Waals surface area contributed by atoms with Gasteiger partial charge in [0.05, 0.1) is 0 Å². The Labute approximate surface area is 107 Å². The summed E-state index contributed by atoms with van der Waals surface area (Å²) >= 11 is 1.33. The number of hydrogen-bond acceptors (Lipinski definition) is 3. The molecule has 0 unspecified atom stereocenters. The molecule has 1 saturated carbocycles. The Morgan fingerprint density at radius 3 is 2.41 bits per heavy atom. The molecule has 0 bridgehead atoms. The average Bonchev–Trinajstić information content (AvgIpc) is 2.69. The maximum atomic E-state index is 12.1. The third-order valence-corrected chi connectivity index (χ3v) is 6.33. The first-order valence-electron chi connectivity index (χ1n) is 6.06. The monoisotopic (exact) mass is 273 g/mol. The summed E-state index contributed by atoms with van der Waals surface area (Å²) in [6.45, 7) is 4.15. The number of nitrogens with one attached hydrogen (secondary N) is 1. The number of thiophene rings is 1. The Balaban J connectivity index is 2.03. The third-order valence-electron chi connectivity index (χ3n) is 3.32. The summed E-state index contributed by atoms with van der Waals surface area (Å²) in [5, 5.41) is 0. The second-order valence-corrected chi connectivity index (χ2v) is 8.17. The van der Waals surface area contributed by atoms with Crippen molar-refractivity contribution in [2.75, 3.05) is 0 Å². The van der Waals surface area contributed by atoms with Crippen LogP contribution in [0.2, 0.25) is 0 Å². The molecule has 0 radical (unpaired) electrons. The van der Waals surface area contributed by atoms with E-state index < -0.39 is 10.0 Å². The van der Waals surface area contributed by atoms with E-state index in [1.807, 2.05) is 13.0 Å². The van der Waals surface area contributed by atoms with E-state index in [1.54, 1.807) is 6.07 Å². The molecule has 0 aromatic carbocycles. The molecule has 1 aliphatic rings. The molecule has 0 aliphatic heterocycles. The van der Waals surface area contributed by atoms with E-state index in [-0.39, 0.29) is 6.04 Å². The highest BCUT2D eigenvalue weighted by Gasteiger charge is 2.24. The first-order chi connectivity index (χ1) is 7.97. The van der Waals surface area contributed by atoms with Gasteiger partial charge in [-0.3, -0.25) is 0 Å². The van der Waals surface area contributed by atoms with E-state index >= 15 is 0 Å². The fourth-order valence-corrected chi connectivity index (χ4v) is 4.82. The van der Waals surface area contributed by atoms with Gasteiger partial charge in [-0.1, -0.05) is 6.92 Å². The molecule has 17 heavy (non-hydrogen) atoms. The zero-order chi connectivity index (χ0) is 12.5. The molecule has 2 rings (SSSR count). The summed E-state index contributed by atoms with van der Waals surface area (Å²) in [5.41, 5.74) is 0. The molecule has 1 aromatic rings. The lowest BCUT2D eigenvalue weighted by atomic mass is 9.88. The SMILES string of the molecule is Cc1ccc(S(=O)(=O)NC2CCC(C)CC2)s1. The first kappa shape index (κ1) is 13.1. The van der Waals surface area contributed by atoms with Crippen molar-refractivity contribution in [3.05, 3.63) is 17.0 Å². The number of rotatable bonds is 3. The van der Waals surface area contributed by atoms with Crippen LogP contribution in [0.15, 0.2) is 16.3 Å². The molecule has 1 heterocycles. The lowest BCUT2D eigenvalue weighted by Gasteiger charge is -2.26. The van der Waals surface area contributed by atoms with Gasteiger partial charge >= 0.3 is 0 Å². The van der Waals surface area contributed by atoms with Gasteiger partial charge in [-0.2, -0.15) is 0 Å². The van der Waals surface area contributed by atoms with Crippen LogP contribution in [-0.4, -0.2) is 14.5 Å². The normalized spacial score (nSPS) is 26.0. The van der Waals surface area contributed by atoms with Gasteiger partial charge in [0.2, 0.25) is 10.0 Å². The highest BCUT2D eigenvalue weighted by atomic mass is 32.2. The van der Waals surface area contributed by atoms with Crippen LogP contribution in [0.1, 0.15) is 37.5 Å². The van der Waals surface area contributed by atoms with Gasteiger partial charge in [-0.25, -0.2) is 13.1 Å². The molecule has 1 aromatic heterocycles. The van der Waals surface area contributed by atoms with E-state index in [0.717, 1.165) is 36.5 Å². The van der Waals surface area contributed by atoms with Crippen molar-refractivity contribution in [3.8, 4) is 0 Å². The van der Waals surface area contributed by atoms with E-state index in [4.69, 9.17) is 0 Å². The van der Waals surface area contributed by atoms with Crippen LogP contribution in [0.25, 0.3) is 0 Å². The van der Waals surface area contributed by atoms with Gasteiger partial charge < -0.3 is 0 Å². The molecular formula is C12H19NO2S2. The van der Waals surface area contributed by atoms with Crippen LogP contribution in [0, 0.1) is 12.8 Å². The minimum atomic E-state index is -3.29. The molecule has 3 nitrogen and oxygen atoms in total. The van der Waals surface area contributed by atoms with Gasteiger partial charge in [-0.05, 0) is 50.7 Å². The molecular weight excluding hydrogens is 254 g/mol. The molecule has 0 atom stereocenters. The summed E-state index contributed by atoms with van der Waals surface area (Å²) in [5.74, 6) is 0.736. The van der Waals surface area contributed by atoms with Crippen molar-refractivity contribution >= 4 is 21.4 Å². The smallest absolute Gasteiger partial charge is 0.207 e.